The van der Waals surface area contributed by atoms with E-state index in [9.17, 15) is 35.9 Å². The van der Waals surface area contributed by atoms with Crippen molar-refractivity contribution in [3.05, 3.63) is 65.2 Å². The summed E-state index contributed by atoms with van der Waals surface area (Å²) in [5.41, 5.74) is -6.21. The van der Waals surface area contributed by atoms with Crippen LogP contribution in [0.4, 0.5) is 26.3 Å². The van der Waals surface area contributed by atoms with Crippen molar-refractivity contribution in [2.24, 2.45) is 0 Å². The Morgan fingerprint density at radius 2 is 1.16 bits per heavy atom. The first kappa shape index (κ1) is 23.0. The van der Waals surface area contributed by atoms with Gasteiger partial charge in [-0.15, -0.1) is 0 Å². The maximum atomic E-state index is 13.2. The van der Waals surface area contributed by atoms with E-state index in [0.717, 1.165) is 12.1 Å². The number of piperazine rings is 1. The predicted molar refractivity (Wildman–Crippen MR) is 102 cm³/mol. The first-order valence-corrected chi connectivity index (χ1v) is 9.88. The van der Waals surface area contributed by atoms with E-state index >= 15 is 0 Å². The van der Waals surface area contributed by atoms with Gasteiger partial charge in [0.2, 0.25) is 0 Å². The van der Waals surface area contributed by atoms with Crippen LogP contribution in [0.2, 0.25) is 0 Å². The molecule has 2 aromatic carbocycles. The maximum Gasteiger partial charge on any atom is 0.446 e. The van der Waals surface area contributed by atoms with Gasteiger partial charge in [0.15, 0.2) is 0 Å². The molecule has 0 radical (unpaired) electrons. The summed E-state index contributed by atoms with van der Waals surface area (Å²) in [4.78, 5) is 27.6. The summed E-state index contributed by atoms with van der Waals surface area (Å²) in [5.74, 6) is -1.44. The average molecular weight is 462 g/mol. The summed E-state index contributed by atoms with van der Waals surface area (Å²) >= 11 is -0.392. The van der Waals surface area contributed by atoms with Crippen LogP contribution in [0.3, 0.4) is 0 Å². The van der Waals surface area contributed by atoms with Crippen molar-refractivity contribution in [2.45, 2.75) is 16.6 Å². The molecule has 0 spiro atoms. The lowest BCUT2D eigenvalue weighted by molar-refractivity contribution is -0.138. The molecule has 1 fully saturated rings. The fraction of sp³-hybridized carbons (Fsp3) is 0.300. The number of alkyl halides is 6. The molecule has 0 atom stereocenters. The predicted octanol–water partition coefficient (Wildman–Crippen LogP) is 4.92. The molecule has 0 aliphatic carbocycles. The highest BCUT2D eigenvalue weighted by Crippen LogP contribution is 2.39. The zero-order valence-electron chi connectivity index (χ0n) is 15.8. The third-order valence-electron chi connectivity index (χ3n) is 4.66. The van der Waals surface area contributed by atoms with Crippen molar-refractivity contribution in [1.29, 1.82) is 0 Å². The molecular formula is C20H16F6N2O2S. The van der Waals surface area contributed by atoms with Gasteiger partial charge in [0.25, 0.3) is 11.8 Å². The minimum absolute atomic E-state index is 0.0101. The smallest absolute Gasteiger partial charge is 0.335 e. The molecule has 0 bridgehead atoms. The van der Waals surface area contributed by atoms with Crippen LogP contribution in [0.5, 0.6) is 0 Å². The van der Waals surface area contributed by atoms with E-state index in [0.29, 0.717) is 0 Å². The fourth-order valence-electron chi connectivity index (χ4n) is 3.23. The van der Waals surface area contributed by atoms with Crippen LogP contribution >= 0.6 is 11.8 Å². The first-order valence-electron chi connectivity index (χ1n) is 9.07. The molecule has 2 aromatic rings. The van der Waals surface area contributed by atoms with Gasteiger partial charge in [0.1, 0.15) is 0 Å². The number of thioether (sulfide) groups is 1. The molecule has 1 aliphatic rings. The number of rotatable bonds is 3. The summed E-state index contributed by atoms with van der Waals surface area (Å²) in [7, 11) is 0. The molecule has 0 unspecified atom stereocenters. The van der Waals surface area contributed by atoms with Gasteiger partial charge < -0.3 is 9.80 Å². The zero-order valence-corrected chi connectivity index (χ0v) is 16.7. The van der Waals surface area contributed by atoms with Crippen molar-refractivity contribution < 1.29 is 35.9 Å². The molecule has 0 N–H and O–H groups in total. The second-order valence-corrected chi connectivity index (χ2v) is 7.78. The monoisotopic (exact) mass is 462 g/mol. The van der Waals surface area contributed by atoms with E-state index in [1.54, 1.807) is 0 Å². The second kappa shape index (κ2) is 8.81. The molecule has 2 amide bonds. The molecule has 1 aliphatic heterocycles. The maximum absolute atomic E-state index is 13.2. The summed E-state index contributed by atoms with van der Waals surface area (Å²) in [6.07, 6.45) is -4.69. The van der Waals surface area contributed by atoms with E-state index in [1.807, 2.05) is 0 Å². The lowest BCUT2D eigenvalue weighted by Gasteiger charge is -2.35. The van der Waals surface area contributed by atoms with Gasteiger partial charge in [0, 0.05) is 31.1 Å². The minimum atomic E-state index is -4.69. The van der Waals surface area contributed by atoms with Crippen LogP contribution in [0.1, 0.15) is 26.3 Å². The normalized spacial score (nSPS) is 15.2. The minimum Gasteiger partial charge on any atom is -0.335 e. The molecule has 166 valence electrons. The number of carbonyl (C=O) groups excluding carboxylic acids is 2. The highest BCUT2D eigenvalue weighted by atomic mass is 32.2. The molecule has 4 nitrogen and oxygen atoms in total. The third-order valence-corrected chi connectivity index (χ3v) is 5.47. The number of carbonyl (C=O) groups is 2. The average Bonchev–Trinajstić information content (AvgIpc) is 2.71. The van der Waals surface area contributed by atoms with Crippen molar-refractivity contribution in [3.8, 4) is 0 Å². The molecule has 1 saturated heterocycles. The Balaban J connectivity index is 1.71. The largest absolute Gasteiger partial charge is 0.446 e. The van der Waals surface area contributed by atoms with Gasteiger partial charge in [-0.2, -0.15) is 26.3 Å². The molecule has 3 rings (SSSR count). The van der Waals surface area contributed by atoms with Crippen molar-refractivity contribution in [2.75, 3.05) is 26.2 Å². The highest BCUT2D eigenvalue weighted by Gasteiger charge is 2.37. The highest BCUT2D eigenvalue weighted by molar-refractivity contribution is 8.00. The van der Waals surface area contributed by atoms with E-state index in [1.165, 1.54) is 46.2 Å². The Morgan fingerprint density at radius 3 is 1.68 bits per heavy atom. The van der Waals surface area contributed by atoms with Gasteiger partial charge in [-0.1, -0.05) is 24.3 Å². The fourth-order valence-corrected chi connectivity index (χ4v) is 3.89. The van der Waals surface area contributed by atoms with Crippen LogP contribution in [0.25, 0.3) is 0 Å². The molecule has 0 aromatic heterocycles. The standard InChI is InChI=1S/C20H16F6N2O2S/c21-19(22,23)15-7-3-1-5-13(15)17(29)27-9-11-28(12-10-27)18(30)14-6-2-4-8-16(14)31-20(24,25)26/h1-8H,9-12H2. The number of hydrogen-bond donors (Lipinski definition) is 0. The number of amides is 2. The van der Waals surface area contributed by atoms with Crippen LogP contribution in [-0.4, -0.2) is 53.3 Å². The van der Waals surface area contributed by atoms with Crippen molar-refractivity contribution in [3.63, 3.8) is 0 Å². The Kier molecular flexibility index (Phi) is 6.54. The Morgan fingerprint density at radius 1 is 0.710 bits per heavy atom. The van der Waals surface area contributed by atoms with Gasteiger partial charge in [-0.25, -0.2) is 0 Å². The lowest BCUT2D eigenvalue weighted by Crippen LogP contribution is -2.50. The van der Waals surface area contributed by atoms with Crippen molar-refractivity contribution >= 4 is 23.6 Å². The number of benzene rings is 2. The summed E-state index contributed by atoms with van der Waals surface area (Å²) < 4.78 is 77.8. The topological polar surface area (TPSA) is 40.6 Å². The van der Waals surface area contributed by atoms with Crippen LogP contribution in [0.15, 0.2) is 53.4 Å². The molecular weight excluding hydrogens is 446 g/mol. The zero-order chi connectivity index (χ0) is 22.8. The first-order chi connectivity index (χ1) is 14.5. The Labute approximate surface area is 177 Å². The van der Waals surface area contributed by atoms with Gasteiger partial charge in [-0.3, -0.25) is 9.59 Å². The molecule has 31 heavy (non-hydrogen) atoms. The Hall–Kier alpha value is -2.69. The second-order valence-electron chi connectivity index (χ2n) is 6.67. The number of hydrogen-bond acceptors (Lipinski definition) is 3. The van der Waals surface area contributed by atoms with E-state index in [-0.39, 0.29) is 36.6 Å². The quantitative estimate of drug-likeness (QED) is 0.481. The third kappa shape index (κ3) is 5.52. The van der Waals surface area contributed by atoms with E-state index in [2.05, 4.69) is 0 Å². The van der Waals surface area contributed by atoms with Gasteiger partial charge in [0.05, 0.1) is 16.7 Å². The van der Waals surface area contributed by atoms with Crippen LogP contribution in [0, 0.1) is 0 Å². The van der Waals surface area contributed by atoms with Gasteiger partial charge in [-0.05, 0) is 36.0 Å². The molecule has 11 heteroatoms. The van der Waals surface area contributed by atoms with Gasteiger partial charge >= 0.3 is 11.7 Å². The van der Waals surface area contributed by atoms with E-state index in [4.69, 9.17) is 0 Å². The lowest BCUT2D eigenvalue weighted by atomic mass is 10.1. The summed E-state index contributed by atoms with van der Waals surface area (Å²) in [6, 6.07) is 9.74. The molecule has 1 heterocycles. The summed E-state index contributed by atoms with van der Waals surface area (Å²) in [5, 5.41) is 0. The van der Waals surface area contributed by atoms with Crippen LogP contribution < -0.4 is 0 Å². The molecule has 0 saturated carbocycles. The Bertz CT molecular complexity index is 969. The number of halogens is 6. The number of nitrogens with zero attached hydrogens (tertiary/aromatic N) is 2. The van der Waals surface area contributed by atoms with Crippen molar-refractivity contribution in [1.82, 2.24) is 9.80 Å². The SMILES string of the molecule is O=C(c1ccccc1SC(F)(F)F)N1CCN(C(=O)c2ccccc2C(F)(F)F)CC1. The van der Waals surface area contributed by atoms with Crippen LogP contribution in [-0.2, 0) is 6.18 Å². The summed E-state index contributed by atoms with van der Waals surface area (Å²) in [6.45, 7) is -0.0930. The van der Waals surface area contributed by atoms with E-state index < -0.39 is 46.4 Å².